The van der Waals surface area contributed by atoms with Gasteiger partial charge in [-0.3, -0.25) is 14.5 Å². The maximum Gasteiger partial charge on any atom is 0.325 e. The molecule has 2 aromatic rings. The third-order valence-electron chi connectivity index (χ3n) is 5.82. The van der Waals surface area contributed by atoms with Crippen molar-refractivity contribution in [2.45, 2.75) is 31.8 Å². The number of amides is 4. The van der Waals surface area contributed by atoms with Gasteiger partial charge in [-0.05, 0) is 41.7 Å². The normalized spacial score (nSPS) is 21.2. The van der Waals surface area contributed by atoms with Gasteiger partial charge in [0.25, 0.3) is 5.91 Å². The molecular weight excluding hydrogens is 390 g/mol. The highest BCUT2D eigenvalue weighted by atomic mass is 35.5. The molecule has 0 aliphatic carbocycles. The molecule has 4 rings (SSSR count). The Morgan fingerprint density at radius 3 is 2.48 bits per heavy atom. The number of urea groups is 1. The van der Waals surface area contributed by atoms with E-state index in [0.717, 1.165) is 16.9 Å². The van der Waals surface area contributed by atoms with E-state index < -0.39 is 17.5 Å². The number of benzene rings is 2. The Morgan fingerprint density at radius 1 is 1.10 bits per heavy atom. The van der Waals surface area contributed by atoms with Gasteiger partial charge in [-0.15, -0.1) is 0 Å². The summed E-state index contributed by atoms with van der Waals surface area (Å²) < 4.78 is 0. The van der Waals surface area contributed by atoms with Crippen molar-refractivity contribution in [2.24, 2.45) is 0 Å². The van der Waals surface area contributed by atoms with Gasteiger partial charge < -0.3 is 10.2 Å². The number of carbonyl (C=O) groups is 3. The summed E-state index contributed by atoms with van der Waals surface area (Å²) in [7, 11) is 0. The quantitative estimate of drug-likeness (QED) is 0.786. The number of fused-ring (bicyclic) bond motifs is 1. The highest BCUT2D eigenvalue weighted by Crippen LogP contribution is 2.33. The van der Waals surface area contributed by atoms with Crippen LogP contribution in [0, 0.1) is 0 Å². The van der Waals surface area contributed by atoms with Crippen LogP contribution in [-0.2, 0) is 28.1 Å². The smallest absolute Gasteiger partial charge is 0.325 e. The van der Waals surface area contributed by atoms with Crippen LogP contribution < -0.4 is 5.32 Å². The lowest BCUT2D eigenvalue weighted by atomic mass is 9.87. The number of carbonyl (C=O) groups excluding carboxylic acids is 3. The van der Waals surface area contributed by atoms with E-state index in [4.69, 9.17) is 11.6 Å². The summed E-state index contributed by atoms with van der Waals surface area (Å²) in [5.74, 6) is -0.635. The van der Waals surface area contributed by atoms with Crippen molar-refractivity contribution >= 4 is 29.4 Å². The van der Waals surface area contributed by atoms with Gasteiger partial charge in [-0.1, -0.05) is 54.9 Å². The molecule has 7 heteroatoms. The van der Waals surface area contributed by atoms with Crippen LogP contribution in [0.1, 0.15) is 30.0 Å². The molecule has 1 fully saturated rings. The van der Waals surface area contributed by atoms with E-state index in [9.17, 15) is 14.4 Å². The fourth-order valence-corrected chi connectivity index (χ4v) is 4.21. The Balaban J connectivity index is 1.52. The highest BCUT2D eigenvalue weighted by molar-refractivity contribution is 6.30. The van der Waals surface area contributed by atoms with E-state index in [1.165, 1.54) is 5.56 Å². The SMILES string of the molecule is CC[C@]1(c2ccc(Cl)cc2)NC(=O)N(CC(=O)N2CCc3ccccc3C2)C1=O. The summed E-state index contributed by atoms with van der Waals surface area (Å²) in [4.78, 5) is 41.4. The molecule has 2 aliphatic heterocycles. The van der Waals surface area contributed by atoms with Crippen LogP contribution in [0.3, 0.4) is 0 Å². The van der Waals surface area contributed by atoms with Crippen molar-refractivity contribution in [1.82, 2.24) is 15.1 Å². The van der Waals surface area contributed by atoms with E-state index >= 15 is 0 Å². The van der Waals surface area contributed by atoms with Crippen LogP contribution >= 0.6 is 11.6 Å². The van der Waals surface area contributed by atoms with Gasteiger partial charge in [0.05, 0.1) is 0 Å². The van der Waals surface area contributed by atoms with E-state index in [2.05, 4.69) is 11.4 Å². The number of imide groups is 1. The zero-order chi connectivity index (χ0) is 20.6. The van der Waals surface area contributed by atoms with Gasteiger partial charge >= 0.3 is 6.03 Å². The predicted molar refractivity (Wildman–Crippen MR) is 109 cm³/mol. The standard InChI is InChI=1S/C22H22ClN3O3/c1-2-22(17-7-9-18(23)10-8-17)20(28)26(21(29)24-22)14-19(27)25-12-11-15-5-3-4-6-16(15)13-25/h3-10H,2,11-14H2,1H3,(H,24,29)/t22-/m1/s1. The Hall–Kier alpha value is -2.86. The van der Waals surface area contributed by atoms with E-state index in [1.807, 2.05) is 25.1 Å². The molecule has 4 amide bonds. The maximum atomic E-state index is 13.2. The molecule has 0 radical (unpaired) electrons. The molecule has 150 valence electrons. The van der Waals surface area contributed by atoms with Gasteiger partial charge in [-0.25, -0.2) is 4.79 Å². The topological polar surface area (TPSA) is 69.7 Å². The van der Waals surface area contributed by atoms with Crippen molar-refractivity contribution in [2.75, 3.05) is 13.1 Å². The average molecular weight is 412 g/mol. The summed E-state index contributed by atoms with van der Waals surface area (Å²) in [6.45, 7) is 2.65. The maximum absolute atomic E-state index is 13.2. The number of nitrogens with one attached hydrogen (secondary N) is 1. The van der Waals surface area contributed by atoms with Crippen LogP contribution in [0.4, 0.5) is 4.79 Å². The van der Waals surface area contributed by atoms with Crippen molar-refractivity contribution in [3.8, 4) is 0 Å². The summed E-state index contributed by atoms with van der Waals surface area (Å²) in [5.41, 5.74) is 1.83. The van der Waals surface area contributed by atoms with Crippen molar-refractivity contribution in [3.05, 3.63) is 70.2 Å². The second-order valence-electron chi connectivity index (χ2n) is 7.42. The second-order valence-corrected chi connectivity index (χ2v) is 7.86. The first-order valence-electron chi connectivity index (χ1n) is 9.69. The molecule has 1 N–H and O–H groups in total. The minimum absolute atomic E-state index is 0.231. The van der Waals surface area contributed by atoms with Crippen molar-refractivity contribution in [3.63, 3.8) is 0 Å². The summed E-state index contributed by atoms with van der Waals surface area (Å²) in [5, 5.41) is 3.35. The highest BCUT2D eigenvalue weighted by Gasteiger charge is 2.51. The van der Waals surface area contributed by atoms with Crippen LogP contribution in [0.25, 0.3) is 0 Å². The van der Waals surface area contributed by atoms with Gasteiger partial charge in [-0.2, -0.15) is 0 Å². The third kappa shape index (κ3) is 3.38. The first-order chi connectivity index (χ1) is 13.9. The molecular formula is C22H22ClN3O3. The molecule has 0 saturated carbocycles. The second kappa shape index (κ2) is 7.52. The largest absolute Gasteiger partial charge is 0.336 e. The fourth-order valence-electron chi connectivity index (χ4n) is 4.09. The van der Waals surface area contributed by atoms with Crippen molar-refractivity contribution in [1.29, 1.82) is 0 Å². The van der Waals surface area contributed by atoms with E-state index in [-0.39, 0.29) is 12.5 Å². The zero-order valence-electron chi connectivity index (χ0n) is 16.2. The minimum Gasteiger partial charge on any atom is -0.336 e. The number of hydrogen-bond acceptors (Lipinski definition) is 3. The average Bonchev–Trinajstić information content (AvgIpc) is 2.99. The van der Waals surface area contributed by atoms with Gasteiger partial charge in [0, 0.05) is 18.1 Å². The van der Waals surface area contributed by atoms with Crippen LogP contribution in [0.15, 0.2) is 48.5 Å². The molecule has 6 nitrogen and oxygen atoms in total. The first kappa shape index (κ1) is 19.5. The first-order valence-corrected chi connectivity index (χ1v) is 10.1. The Labute approximate surface area is 174 Å². The lowest BCUT2D eigenvalue weighted by Gasteiger charge is -2.30. The summed E-state index contributed by atoms with van der Waals surface area (Å²) >= 11 is 5.96. The Kier molecular flexibility index (Phi) is 5.04. The molecule has 0 bridgehead atoms. The van der Waals surface area contributed by atoms with E-state index in [0.29, 0.717) is 30.1 Å². The lowest BCUT2D eigenvalue weighted by molar-refractivity contribution is -0.139. The predicted octanol–water partition coefficient (Wildman–Crippen LogP) is 3.08. The number of hydrogen-bond donors (Lipinski definition) is 1. The van der Waals surface area contributed by atoms with Crippen LogP contribution in [0.5, 0.6) is 0 Å². The molecule has 0 spiro atoms. The van der Waals surface area contributed by atoms with Crippen LogP contribution in [-0.4, -0.2) is 40.7 Å². The number of halogens is 1. The van der Waals surface area contributed by atoms with Crippen molar-refractivity contribution < 1.29 is 14.4 Å². The van der Waals surface area contributed by atoms with Gasteiger partial charge in [0.1, 0.15) is 12.1 Å². The molecule has 2 heterocycles. The third-order valence-corrected chi connectivity index (χ3v) is 6.07. The van der Waals surface area contributed by atoms with Gasteiger partial charge in [0.15, 0.2) is 0 Å². The molecule has 0 unspecified atom stereocenters. The Bertz CT molecular complexity index is 976. The summed E-state index contributed by atoms with van der Waals surface area (Å²) in [6, 6.07) is 14.3. The monoisotopic (exact) mass is 411 g/mol. The number of nitrogens with zero attached hydrogens (tertiary/aromatic N) is 2. The number of rotatable bonds is 4. The zero-order valence-corrected chi connectivity index (χ0v) is 16.9. The molecule has 0 aromatic heterocycles. The molecule has 2 aromatic carbocycles. The van der Waals surface area contributed by atoms with E-state index in [1.54, 1.807) is 29.2 Å². The van der Waals surface area contributed by atoms with Gasteiger partial charge in [0.2, 0.25) is 5.91 Å². The fraction of sp³-hybridized carbons (Fsp3) is 0.318. The molecule has 2 aliphatic rings. The lowest BCUT2D eigenvalue weighted by Crippen LogP contribution is -2.46. The molecule has 1 atom stereocenters. The molecule has 1 saturated heterocycles. The Morgan fingerprint density at radius 2 is 1.79 bits per heavy atom. The summed E-state index contributed by atoms with van der Waals surface area (Å²) in [6.07, 6.45) is 1.15. The molecule has 29 heavy (non-hydrogen) atoms. The van der Waals surface area contributed by atoms with Crippen LogP contribution in [0.2, 0.25) is 5.02 Å². The minimum atomic E-state index is -1.17.